The van der Waals surface area contributed by atoms with Crippen molar-refractivity contribution in [3.05, 3.63) is 54.1 Å². The summed E-state index contributed by atoms with van der Waals surface area (Å²) in [4.78, 5) is 28.9. The molecule has 2 aliphatic rings. The number of rotatable bonds is 6. The summed E-state index contributed by atoms with van der Waals surface area (Å²) in [5.41, 5.74) is 2.05. The van der Waals surface area contributed by atoms with Crippen molar-refractivity contribution in [2.24, 2.45) is 11.8 Å². The number of aromatic hydroxyl groups is 1. The summed E-state index contributed by atoms with van der Waals surface area (Å²) in [5, 5.41) is 19.5. The highest BCUT2D eigenvalue weighted by Crippen LogP contribution is 2.35. The van der Waals surface area contributed by atoms with Gasteiger partial charge in [-0.15, -0.1) is 0 Å². The Hall–Kier alpha value is -3.22. The van der Waals surface area contributed by atoms with Gasteiger partial charge >= 0.3 is 5.97 Å². The molecule has 1 amide bonds. The van der Waals surface area contributed by atoms with Gasteiger partial charge < -0.3 is 24.7 Å². The smallest absolute Gasteiger partial charge is 0.306 e. The molecule has 32 heavy (non-hydrogen) atoms. The SMILES string of the molecule is COc1ccc(N2CCN(C(=O)C3CC[C@@H](C(=O)O)C3)[C@@H](Cc3ccccc3)C2)cc1O. The number of phenolic OH excluding ortho intramolecular Hbond substituents is 1. The first-order chi connectivity index (χ1) is 15.5. The van der Waals surface area contributed by atoms with Crippen molar-refractivity contribution in [1.29, 1.82) is 0 Å². The maximum Gasteiger partial charge on any atom is 0.306 e. The standard InChI is InChI=1S/C25H30N2O5/c1-32-23-10-9-20(15-22(23)28)26-11-12-27(21(16-26)13-17-5-3-2-4-6-17)24(29)18-7-8-19(14-18)25(30)31/h2-6,9-10,15,18-19,21,28H,7-8,11-14,16H2,1H3,(H,30,31)/t18?,19-,21+/m1/s1. The van der Waals surface area contributed by atoms with E-state index in [4.69, 9.17) is 4.74 Å². The Morgan fingerprint density at radius 2 is 1.81 bits per heavy atom. The van der Waals surface area contributed by atoms with Crippen molar-refractivity contribution in [1.82, 2.24) is 4.90 Å². The maximum atomic E-state index is 13.4. The number of piperazine rings is 1. The van der Waals surface area contributed by atoms with Crippen LogP contribution in [0.2, 0.25) is 0 Å². The minimum Gasteiger partial charge on any atom is -0.504 e. The summed E-state index contributed by atoms with van der Waals surface area (Å²) in [5.74, 6) is -0.838. The fourth-order valence-corrected chi connectivity index (χ4v) is 4.98. The third-order valence-corrected chi connectivity index (χ3v) is 6.74. The Bertz CT molecular complexity index is 964. The molecule has 0 spiro atoms. The number of anilines is 1. The summed E-state index contributed by atoms with van der Waals surface area (Å²) in [6.45, 7) is 1.86. The number of amides is 1. The zero-order chi connectivity index (χ0) is 22.7. The van der Waals surface area contributed by atoms with Crippen molar-refractivity contribution >= 4 is 17.6 Å². The van der Waals surface area contributed by atoms with Gasteiger partial charge in [-0.25, -0.2) is 0 Å². The summed E-state index contributed by atoms with van der Waals surface area (Å²) in [6, 6.07) is 15.4. The molecule has 1 unspecified atom stereocenters. The van der Waals surface area contributed by atoms with Crippen molar-refractivity contribution in [2.45, 2.75) is 31.7 Å². The Labute approximate surface area is 188 Å². The van der Waals surface area contributed by atoms with Gasteiger partial charge in [0.05, 0.1) is 19.1 Å². The van der Waals surface area contributed by atoms with E-state index in [1.165, 1.54) is 7.11 Å². The number of hydrogen-bond donors (Lipinski definition) is 2. The van der Waals surface area contributed by atoms with Crippen LogP contribution in [0.25, 0.3) is 0 Å². The first kappa shape index (κ1) is 22.0. The molecule has 1 saturated heterocycles. The molecular weight excluding hydrogens is 408 g/mol. The van der Waals surface area contributed by atoms with Crippen LogP contribution in [0.15, 0.2) is 48.5 Å². The second kappa shape index (κ2) is 9.51. The molecule has 2 aromatic carbocycles. The van der Waals surface area contributed by atoms with Crippen LogP contribution >= 0.6 is 0 Å². The number of carboxylic acid groups (broad SMARTS) is 1. The number of carbonyl (C=O) groups excluding carboxylic acids is 1. The van der Waals surface area contributed by atoms with Gasteiger partial charge in [-0.05, 0) is 43.4 Å². The molecule has 2 aromatic rings. The molecule has 1 saturated carbocycles. The van der Waals surface area contributed by atoms with Gasteiger partial charge in [0.1, 0.15) is 0 Å². The van der Waals surface area contributed by atoms with Gasteiger partial charge in [0.15, 0.2) is 11.5 Å². The van der Waals surface area contributed by atoms with Gasteiger partial charge in [-0.3, -0.25) is 9.59 Å². The van der Waals surface area contributed by atoms with Crippen LogP contribution in [0, 0.1) is 11.8 Å². The summed E-state index contributed by atoms with van der Waals surface area (Å²) >= 11 is 0. The topological polar surface area (TPSA) is 90.3 Å². The molecule has 2 N–H and O–H groups in total. The number of ether oxygens (including phenoxy) is 1. The number of methoxy groups -OCH3 is 1. The van der Waals surface area contributed by atoms with E-state index in [0.29, 0.717) is 44.6 Å². The number of aliphatic carboxylic acids is 1. The lowest BCUT2D eigenvalue weighted by molar-refractivity contribution is -0.142. The molecule has 3 atom stereocenters. The summed E-state index contributed by atoms with van der Waals surface area (Å²) < 4.78 is 5.16. The van der Waals surface area contributed by atoms with E-state index < -0.39 is 11.9 Å². The molecule has 1 heterocycles. The van der Waals surface area contributed by atoms with Crippen LogP contribution in [0.4, 0.5) is 5.69 Å². The fraction of sp³-hybridized carbons (Fsp3) is 0.440. The van der Waals surface area contributed by atoms with E-state index >= 15 is 0 Å². The molecular formula is C25H30N2O5. The largest absolute Gasteiger partial charge is 0.504 e. The molecule has 0 bridgehead atoms. The molecule has 1 aliphatic heterocycles. The Balaban J connectivity index is 1.53. The van der Waals surface area contributed by atoms with E-state index in [2.05, 4.69) is 17.0 Å². The average Bonchev–Trinajstić information content (AvgIpc) is 3.30. The zero-order valence-electron chi connectivity index (χ0n) is 18.3. The zero-order valence-corrected chi connectivity index (χ0v) is 18.3. The second-order valence-electron chi connectivity index (χ2n) is 8.72. The van der Waals surface area contributed by atoms with Crippen LogP contribution in [0.5, 0.6) is 11.5 Å². The van der Waals surface area contributed by atoms with Crippen molar-refractivity contribution in [3.8, 4) is 11.5 Å². The quantitative estimate of drug-likeness (QED) is 0.720. The maximum absolute atomic E-state index is 13.4. The van der Waals surface area contributed by atoms with E-state index in [1.807, 2.05) is 29.2 Å². The molecule has 0 aromatic heterocycles. The number of phenols is 1. The van der Waals surface area contributed by atoms with Crippen molar-refractivity contribution in [3.63, 3.8) is 0 Å². The second-order valence-corrected chi connectivity index (χ2v) is 8.72. The molecule has 170 valence electrons. The van der Waals surface area contributed by atoms with Crippen LogP contribution in [0.1, 0.15) is 24.8 Å². The van der Waals surface area contributed by atoms with E-state index in [-0.39, 0.29) is 23.6 Å². The highest BCUT2D eigenvalue weighted by Gasteiger charge is 2.39. The first-order valence-corrected chi connectivity index (χ1v) is 11.2. The number of carboxylic acids is 1. The normalized spacial score (nSPS) is 23.2. The van der Waals surface area contributed by atoms with Crippen LogP contribution in [0.3, 0.4) is 0 Å². The van der Waals surface area contributed by atoms with E-state index in [9.17, 15) is 19.8 Å². The van der Waals surface area contributed by atoms with Gasteiger partial charge in [-0.2, -0.15) is 0 Å². The van der Waals surface area contributed by atoms with Gasteiger partial charge in [0.2, 0.25) is 5.91 Å². The van der Waals surface area contributed by atoms with Gasteiger partial charge in [0.25, 0.3) is 0 Å². The highest BCUT2D eigenvalue weighted by molar-refractivity contribution is 5.81. The molecule has 7 nitrogen and oxygen atoms in total. The number of carbonyl (C=O) groups is 2. The lowest BCUT2D eigenvalue weighted by atomic mass is 9.97. The minimum atomic E-state index is -0.801. The predicted octanol–water partition coefficient (Wildman–Crippen LogP) is 3.16. The Kier molecular flexibility index (Phi) is 6.53. The van der Waals surface area contributed by atoms with Crippen molar-refractivity contribution in [2.75, 3.05) is 31.6 Å². The average molecular weight is 439 g/mol. The lowest BCUT2D eigenvalue weighted by Crippen LogP contribution is -2.57. The third-order valence-electron chi connectivity index (χ3n) is 6.74. The monoisotopic (exact) mass is 438 g/mol. The third kappa shape index (κ3) is 4.66. The Morgan fingerprint density at radius 1 is 1.06 bits per heavy atom. The van der Waals surface area contributed by atoms with Crippen LogP contribution < -0.4 is 9.64 Å². The summed E-state index contributed by atoms with van der Waals surface area (Å²) in [7, 11) is 1.52. The number of nitrogens with zero attached hydrogens (tertiary/aromatic N) is 2. The van der Waals surface area contributed by atoms with E-state index in [1.54, 1.807) is 12.1 Å². The molecule has 2 fully saturated rings. The van der Waals surface area contributed by atoms with E-state index in [0.717, 1.165) is 17.7 Å². The summed E-state index contributed by atoms with van der Waals surface area (Å²) in [6.07, 6.45) is 2.36. The van der Waals surface area contributed by atoms with Crippen molar-refractivity contribution < 1.29 is 24.5 Å². The number of benzene rings is 2. The Morgan fingerprint density at radius 3 is 2.47 bits per heavy atom. The van der Waals surface area contributed by atoms with Crippen LogP contribution in [-0.2, 0) is 16.0 Å². The lowest BCUT2D eigenvalue weighted by Gasteiger charge is -2.43. The molecule has 7 heteroatoms. The molecule has 1 aliphatic carbocycles. The predicted molar refractivity (Wildman–Crippen MR) is 121 cm³/mol. The van der Waals surface area contributed by atoms with Crippen LogP contribution in [-0.4, -0.2) is 59.8 Å². The molecule has 4 rings (SSSR count). The highest BCUT2D eigenvalue weighted by atomic mass is 16.5. The minimum absolute atomic E-state index is 0.0354. The van der Waals surface area contributed by atoms with Gasteiger partial charge in [-0.1, -0.05) is 30.3 Å². The number of hydrogen-bond acceptors (Lipinski definition) is 5. The molecule has 0 radical (unpaired) electrons. The van der Waals surface area contributed by atoms with Gasteiger partial charge in [0, 0.05) is 37.3 Å². The first-order valence-electron chi connectivity index (χ1n) is 11.2. The fourth-order valence-electron chi connectivity index (χ4n) is 4.98.